The quantitative estimate of drug-likeness (QED) is 0.779. The van der Waals surface area contributed by atoms with Crippen LogP contribution in [0.25, 0.3) is 11.2 Å². The molecule has 136 valence electrons. The Morgan fingerprint density at radius 1 is 1.15 bits per heavy atom. The molecule has 3 heterocycles. The third-order valence-electron chi connectivity index (χ3n) is 5.16. The average molecular weight is 355 g/mol. The lowest BCUT2D eigenvalue weighted by atomic mass is 9.93. The van der Waals surface area contributed by atoms with Gasteiger partial charge in [0.1, 0.15) is 18.0 Å². The molecule has 1 aliphatic rings. The van der Waals surface area contributed by atoms with Gasteiger partial charge in [0.2, 0.25) is 5.88 Å². The smallest absolute Gasteiger partial charge is 0.242 e. The van der Waals surface area contributed by atoms with Crippen molar-refractivity contribution in [2.75, 3.05) is 20.1 Å². The summed E-state index contributed by atoms with van der Waals surface area (Å²) in [6.07, 6.45) is 4.45. The molecule has 0 saturated carbocycles. The molecule has 26 heavy (non-hydrogen) atoms. The SMILES string of the molecule is CN1CCC(Cc2nc3c(O)ncnc3n2Cc2ccc(F)cc2)CC1. The van der Waals surface area contributed by atoms with E-state index in [2.05, 4.69) is 26.9 Å². The van der Waals surface area contributed by atoms with Crippen molar-refractivity contribution in [3.8, 4) is 5.88 Å². The highest BCUT2D eigenvalue weighted by molar-refractivity contribution is 5.76. The van der Waals surface area contributed by atoms with Crippen LogP contribution >= 0.6 is 0 Å². The van der Waals surface area contributed by atoms with E-state index >= 15 is 0 Å². The Hall–Kier alpha value is -2.54. The summed E-state index contributed by atoms with van der Waals surface area (Å²) in [7, 11) is 2.15. The van der Waals surface area contributed by atoms with E-state index in [-0.39, 0.29) is 11.7 Å². The Morgan fingerprint density at radius 2 is 1.88 bits per heavy atom. The summed E-state index contributed by atoms with van der Waals surface area (Å²) in [5, 5.41) is 10.1. The van der Waals surface area contributed by atoms with Gasteiger partial charge in [-0.05, 0) is 56.6 Å². The monoisotopic (exact) mass is 355 g/mol. The minimum atomic E-state index is -0.254. The van der Waals surface area contributed by atoms with E-state index in [1.807, 2.05) is 4.57 Å². The van der Waals surface area contributed by atoms with E-state index < -0.39 is 0 Å². The van der Waals surface area contributed by atoms with Crippen LogP contribution in [0, 0.1) is 11.7 Å². The van der Waals surface area contributed by atoms with Gasteiger partial charge in [-0.25, -0.2) is 14.4 Å². The zero-order valence-corrected chi connectivity index (χ0v) is 14.8. The number of piperidine rings is 1. The molecular formula is C19H22FN5O. The summed E-state index contributed by atoms with van der Waals surface area (Å²) in [4.78, 5) is 15.2. The van der Waals surface area contributed by atoms with Gasteiger partial charge in [0, 0.05) is 6.42 Å². The fourth-order valence-electron chi connectivity index (χ4n) is 3.59. The highest BCUT2D eigenvalue weighted by Gasteiger charge is 2.22. The number of benzene rings is 1. The fourth-order valence-corrected chi connectivity index (χ4v) is 3.59. The van der Waals surface area contributed by atoms with Crippen LogP contribution in [-0.4, -0.2) is 49.7 Å². The van der Waals surface area contributed by atoms with Gasteiger partial charge >= 0.3 is 0 Å². The van der Waals surface area contributed by atoms with Crippen LogP contribution in [0.2, 0.25) is 0 Å². The second-order valence-corrected chi connectivity index (χ2v) is 7.06. The Bertz CT molecular complexity index is 900. The van der Waals surface area contributed by atoms with Crippen molar-refractivity contribution in [3.05, 3.63) is 47.8 Å². The van der Waals surface area contributed by atoms with Crippen molar-refractivity contribution in [3.63, 3.8) is 0 Å². The normalized spacial score (nSPS) is 16.4. The summed E-state index contributed by atoms with van der Waals surface area (Å²) < 4.78 is 15.2. The first-order chi connectivity index (χ1) is 12.6. The Kier molecular flexibility index (Phi) is 4.55. The highest BCUT2D eigenvalue weighted by atomic mass is 19.1. The molecule has 3 aromatic rings. The molecule has 4 rings (SSSR count). The van der Waals surface area contributed by atoms with Crippen LogP contribution < -0.4 is 0 Å². The Balaban J connectivity index is 1.68. The number of fused-ring (bicyclic) bond motifs is 1. The van der Waals surface area contributed by atoms with Gasteiger partial charge < -0.3 is 14.6 Å². The number of hydrogen-bond acceptors (Lipinski definition) is 5. The van der Waals surface area contributed by atoms with Crippen molar-refractivity contribution in [2.24, 2.45) is 5.92 Å². The third-order valence-corrected chi connectivity index (χ3v) is 5.16. The van der Waals surface area contributed by atoms with Gasteiger partial charge in [-0.1, -0.05) is 12.1 Å². The van der Waals surface area contributed by atoms with Gasteiger partial charge in [0.15, 0.2) is 11.2 Å². The van der Waals surface area contributed by atoms with E-state index in [0.717, 1.165) is 43.7 Å². The minimum Gasteiger partial charge on any atom is -0.492 e. The average Bonchev–Trinajstić information content (AvgIpc) is 2.98. The van der Waals surface area contributed by atoms with E-state index in [4.69, 9.17) is 0 Å². The summed E-state index contributed by atoms with van der Waals surface area (Å²) >= 11 is 0. The Morgan fingerprint density at radius 3 is 2.62 bits per heavy atom. The molecule has 1 fully saturated rings. The number of hydrogen-bond donors (Lipinski definition) is 1. The molecule has 0 amide bonds. The lowest BCUT2D eigenvalue weighted by Crippen LogP contribution is -2.31. The van der Waals surface area contributed by atoms with Crippen molar-refractivity contribution >= 4 is 11.2 Å². The molecule has 0 spiro atoms. The van der Waals surface area contributed by atoms with Crippen molar-refractivity contribution < 1.29 is 9.50 Å². The molecule has 0 aliphatic carbocycles. The first-order valence-electron chi connectivity index (χ1n) is 8.92. The summed E-state index contributed by atoms with van der Waals surface area (Å²) in [6, 6.07) is 6.44. The zero-order chi connectivity index (χ0) is 18.1. The minimum absolute atomic E-state index is 0.0996. The maximum atomic E-state index is 13.2. The summed E-state index contributed by atoms with van der Waals surface area (Å²) in [5.41, 5.74) is 2.01. The standard InChI is InChI=1S/C19H22FN5O/c1-24-8-6-13(7-9-24)10-16-23-17-18(21-12-22-19(17)26)25(16)11-14-2-4-15(20)5-3-14/h2-5,12-13H,6-11H2,1H3,(H,21,22,26). The van der Waals surface area contributed by atoms with E-state index in [1.165, 1.54) is 18.5 Å². The van der Waals surface area contributed by atoms with Crippen LogP contribution in [0.15, 0.2) is 30.6 Å². The molecule has 0 atom stereocenters. The molecule has 0 radical (unpaired) electrons. The Labute approximate surface area is 151 Å². The van der Waals surface area contributed by atoms with Gasteiger partial charge in [-0.3, -0.25) is 0 Å². The molecule has 1 aliphatic heterocycles. The summed E-state index contributed by atoms with van der Waals surface area (Å²) in [5.74, 6) is 1.10. The van der Waals surface area contributed by atoms with Crippen molar-refractivity contribution in [1.82, 2.24) is 24.4 Å². The van der Waals surface area contributed by atoms with Crippen LogP contribution in [0.4, 0.5) is 4.39 Å². The van der Waals surface area contributed by atoms with Gasteiger partial charge in [-0.15, -0.1) is 0 Å². The molecule has 2 aromatic heterocycles. The van der Waals surface area contributed by atoms with Crippen LogP contribution in [0.3, 0.4) is 0 Å². The zero-order valence-electron chi connectivity index (χ0n) is 14.8. The number of likely N-dealkylation sites (tertiary alicyclic amines) is 1. The molecular weight excluding hydrogens is 333 g/mol. The predicted molar refractivity (Wildman–Crippen MR) is 96.4 cm³/mol. The number of rotatable bonds is 4. The topological polar surface area (TPSA) is 67.1 Å². The molecule has 1 aromatic carbocycles. The number of imidazole rings is 1. The van der Waals surface area contributed by atoms with Gasteiger partial charge in [0.05, 0.1) is 6.54 Å². The van der Waals surface area contributed by atoms with Crippen LogP contribution in [0.5, 0.6) is 5.88 Å². The molecule has 6 nitrogen and oxygen atoms in total. The first-order valence-corrected chi connectivity index (χ1v) is 8.92. The maximum Gasteiger partial charge on any atom is 0.242 e. The van der Waals surface area contributed by atoms with Crippen molar-refractivity contribution in [1.29, 1.82) is 0 Å². The van der Waals surface area contributed by atoms with E-state index in [9.17, 15) is 9.50 Å². The highest BCUT2D eigenvalue weighted by Crippen LogP contribution is 2.26. The number of nitrogens with zero attached hydrogens (tertiary/aromatic N) is 5. The van der Waals surface area contributed by atoms with Gasteiger partial charge in [0.25, 0.3) is 0 Å². The number of halogens is 1. The molecule has 7 heteroatoms. The third kappa shape index (κ3) is 3.39. The van der Waals surface area contributed by atoms with E-state index in [0.29, 0.717) is 23.6 Å². The summed E-state index contributed by atoms with van der Waals surface area (Å²) in [6.45, 7) is 2.72. The maximum absolute atomic E-state index is 13.2. The predicted octanol–water partition coefficient (Wildman–Crippen LogP) is 2.60. The number of aromatic nitrogens is 4. The van der Waals surface area contributed by atoms with E-state index in [1.54, 1.807) is 12.1 Å². The second kappa shape index (κ2) is 6.99. The molecule has 1 N–H and O–H groups in total. The van der Waals surface area contributed by atoms with Crippen molar-refractivity contribution in [2.45, 2.75) is 25.8 Å². The number of aromatic hydroxyl groups is 1. The first kappa shape index (κ1) is 16.9. The molecule has 0 unspecified atom stereocenters. The van der Waals surface area contributed by atoms with Crippen LogP contribution in [0.1, 0.15) is 24.2 Å². The molecule has 1 saturated heterocycles. The van der Waals surface area contributed by atoms with Gasteiger partial charge in [-0.2, -0.15) is 4.98 Å². The fraction of sp³-hybridized carbons (Fsp3) is 0.421. The largest absolute Gasteiger partial charge is 0.492 e. The van der Waals surface area contributed by atoms with Crippen LogP contribution in [-0.2, 0) is 13.0 Å². The lowest BCUT2D eigenvalue weighted by molar-refractivity contribution is 0.216. The molecule has 0 bridgehead atoms. The lowest BCUT2D eigenvalue weighted by Gasteiger charge is -2.28. The second-order valence-electron chi connectivity index (χ2n) is 7.06.